The number of thioether (sulfide) groups is 1. The molecule has 0 fully saturated rings. The standard InChI is InChI=1S/C28H33BrN4O4S/c1-6-12-36-26(34)23-18(5)30-27-31-28(38-8-3)32-33(27)24(23)20-14-21(29)25(22(15-20)35-7-2)37-16-19-11-9-10-17(4)13-19/h9-11,13-15,24H,6-8,12,16H2,1-5H3,(H,30,31,32). The molecule has 0 spiro atoms. The molecule has 3 aromatic rings. The van der Waals surface area contributed by atoms with Gasteiger partial charge in [-0.25, -0.2) is 9.48 Å². The van der Waals surface area contributed by atoms with Gasteiger partial charge in [-0.2, -0.15) is 4.98 Å². The molecular formula is C28H33BrN4O4S. The molecule has 0 radical (unpaired) electrons. The molecule has 1 atom stereocenters. The van der Waals surface area contributed by atoms with Crippen LogP contribution < -0.4 is 14.8 Å². The van der Waals surface area contributed by atoms with Crippen LogP contribution >= 0.6 is 27.7 Å². The molecule has 1 unspecified atom stereocenters. The van der Waals surface area contributed by atoms with Crippen molar-refractivity contribution in [3.8, 4) is 11.5 Å². The normalized spacial score (nSPS) is 14.6. The van der Waals surface area contributed by atoms with Gasteiger partial charge in [-0.05, 0) is 72.1 Å². The lowest BCUT2D eigenvalue weighted by Crippen LogP contribution is -2.30. The van der Waals surface area contributed by atoms with E-state index in [-0.39, 0.29) is 5.97 Å². The van der Waals surface area contributed by atoms with Gasteiger partial charge in [0.15, 0.2) is 11.5 Å². The maximum absolute atomic E-state index is 13.3. The molecule has 0 bridgehead atoms. The van der Waals surface area contributed by atoms with Crippen LogP contribution in [0.4, 0.5) is 5.95 Å². The number of hydrogen-bond donors (Lipinski definition) is 1. The number of fused-ring (bicyclic) bond motifs is 1. The minimum absolute atomic E-state index is 0.336. The zero-order valence-corrected chi connectivity index (χ0v) is 24.7. The van der Waals surface area contributed by atoms with Crippen molar-refractivity contribution in [1.82, 2.24) is 14.8 Å². The minimum atomic E-state index is -0.560. The first kappa shape index (κ1) is 28.0. The van der Waals surface area contributed by atoms with Crippen molar-refractivity contribution in [2.24, 2.45) is 0 Å². The van der Waals surface area contributed by atoms with Gasteiger partial charge in [-0.1, -0.05) is 55.4 Å². The number of aryl methyl sites for hydroxylation is 1. The topological polar surface area (TPSA) is 87.5 Å². The fourth-order valence-corrected chi connectivity index (χ4v) is 5.40. The van der Waals surface area contributed by atoms with Gasteiger partial charge in [-0.15, -0.1) is 5.10 Å². The molecule has 1 aliphatic heterocycles. The number of benzene rings is 2. The molecule has 1 aliphatic rings. The van der Waals surface area contributed by atoms with E-state index in [0.717, 1.165) is 23.3 Å². The highest BCUT2D eigenvalue weighted by atomic mass is 79.9. The Morgan fingerprint density at radius 2 is 1.97 bits per heavy atom. The fourth-order valence-electron chi connectivity index (χ4n) is 4.27. The Labute approximate surface area is 236 Å². The number of carbonyl (C=O) groups excluding carboxylic acids is 1. The summed E-state index contributed by atoms with van der Waals surface area (Å²) in [6.45, 7) is 11.0. The summed E-state index contributed by atoms with van der Waals surface area (Å²) in [7, 11) is 0. The Balaban J connectivity index is 1.78. The second-order valence-corrected chi connectivity index (χ2v) is 10.9. The van der Waals surface area contributed by atoms with Gasteiger partial charge < -0.3 is 19.5 Å². The predicted molar refractivity (Wildman–Crippen MR) is 153 cm³/mol. The third kappa shape index (κ3) is 6.18. The number of carbonyl (C=O) groups is 1. The van der Waals surface area contributed by atoms with Gasteiger partial charge in [0.2, 0.25) is 11.1 Å². The van der Waals surface area contributed by atoms with Crippen molar-refractivity contribution < 1.29 is 19.0 Å². The van der Waals surface area contributed by atoms with Crippen LogP contribution in [0.25, 0.3) is 0 Å². The van der Waals surface area contributed by atoms with Crippen LogP contribution in [-0.2, 0) is 16.1 Å². The molecular weight excluding hydrogens is 568 g/mol. The number of anilines is 1. The zero-order valence-electron chi connectivity index (χ0n) is 22.3. The van der Waals surface area contributed by atoms with E-state index >= 15 is 0 Å². The molecule has 1 N–H and O–H groups in total. The fraction of sp³-hybridized carbons (Fsp3) is 0.393. The van der Waals surface area contributed by atoms with Crippen LogP contribution in [0.5, 0.6) is 11.5 Å². The van der Waals surface area contributed by atoms with Crippen molar-refractivity contribution >= 4 is 39.6 Å². The third-order valence-corrected chi connectivity index (χ3v) is 7.19. The SMILES string of the molecule is CCCOC(=O)C1=C(C)Nc2nc(SCC)nn2C1c1cc(Br)c(OCc2cccc(C)c2)c(OCC)c1. The first-order valence-electron chi connectivity index (χ1n) is 12.7. The van der Waals surface area contributed by atoms with E-state index in [1.54, 1.807) is 16.4 Å². The largest absolute Gasteiger partial charge is 0.490 e. The van der Waals surface area contributed by atoms with Crippen LogP contribution in [-0.4, -0.2) is 39.7 Å². The van der Waals surface area contributed by atoms with E-state index in [1.807, 2.05) is 52.0 Å². The van der Waals surface area contributed by atoms with Crippen molar-refractivity contribution in [2.75, 3.05) is 24.3 Å². The first-order valence-corrected chi connectivity index (χ1v) is 14.5. The van der Waals surface area contributed by atoms with Crippen LogP contribution in [0.2, 0.25) is 0 Å². The molecule has 1 aromatic heterocycles. The van der Waals surface area contributed by atoms with Gasteiger partial charge in [0, 0.05) is 5.70 Å². The molecule has 8 nitrogen and oxygen atoms in total. The van der Waals surface area contributed by atoms with E-state index in [0.29, 0.717) is 58.2 Å². The summed E-state index contributed by atoms with van der Waals surface area (Å²) in [4.78, 5) is 17.9. The highest BCUT2D eigenvalue weighted by Gasteiger charge is 2.36. The Bertz CT molecular complexity index is 1340. The van der Waals surface area contributed by atoms with E-state index < -0.39 is 6.04 Å². The summed E-state index contributed by atoms with van der Waals surface area (Å²) < 4.78 is 20.3. The molecule has 202 valence electrons. The van der Waals surface area contributed by atoms with Crippen LogP contribution in [0.1, 0.15) is 56.8 Å². The predicted octanol–water partition coefficient (Wildman–Crippen LogP) is 6.68. The molecule has 0 saturated heterocycles. The minimum Gasteiger partial charge on any atom is -0.490 e. The summed E-state index contributed by atoms with van der Waals surface area (Å²) in [5, 5.41) is 8.61. The monoisotopic (exact) mass is 600 g/mol. The summed E-state index contributed by atoms with van der Waals surface area (Å²) in [5.74, 6) is 2.19. The molecule has 2 aromatic carbocycles. The Hall–Kier alpha value is -2.98. The summed E-state index contributed by atoms with van der Waals surface area (Å²) in [5.41, 5.74) is 4.19. The van der Waals surface area contributed by atoms with Crippen molar-refractivity contribution in [3.63, 3.8) is 0 Å². The van der Waals surface area contributed by atoms with Gasteiger partial charge in [-0.3, -0.25) is 0 Å². The Morgan fingerprint density at radius 1 is 1.16 bits per heavy atom. The number of ether oxygens (including phenoxy) is 3. The maximum atomic E-state index is 13.3. The first-order chi connectivity index (χ1) is 18.4. The zero-order chi connectivity index (χ0) is 27.2. The highest BCUT2D eigenvalue weighted by Crippen LogP contribution is 2.43. The van der Waals surface area contributed by atoms with E-state index in [9.17, 15) is 4.79 Å². The molecule has 38 heavy (non-hydrogen) atoms. The van der Waals surface area contributed by atoms with Crippen LogP contribution in [0.3, 0.4) is 0 Å². The number of rotatable bonds is 11. The summed E-state index contributed by atoms with van der Waals surface area (Å²) in [6, 6.07) is 11.5. The molecule has 0 amide bonds. The molecule has 2 heterocycles. The summed E-state index contributed by atoms with van der Waals surface area (Å²) >= 11 is 5.25. The number of nitrogens with zero attached hydrogens (tertiary/aromatic N) is 3. The lowest BCUT2D eigenvalue weighted by Gasteiger charge is -2.29. The average molecular weight is 602 g/mol. The van der Waals surface area contributed by atoms with Gasteiger partial charge in [0.05, 0.1) is 23.3 Å². The van der Waals surface area contributed by atoms with Gasteiger partial charge in [0.1, 0.15) is 12.6 Å². The van der Waals surface area contributed by atoms with Crippen molar-refractivity contribution in [2.45, 2.75) is 58.8 Å². The van der Waals surface area contributed by atoms with Crippen LogP contribution in [0.15, 0.2) is 57.3 Å². The van der Waals surface area contributed by atoms with E-state index in [1.165, 1.54) is 5.56 Å². The maximum Gasteiger partial charge on any atom is 0.338 e. The van der Waals surface area contributed by atoms with Gasteiger partial charge in [0.25, 0.3) is 0 Å². The lowest BCUT2D eigenvalue weighted by atomic mass is 9.95. The number of hydrogen-bond acceptors (Lipinski definition) is 8. The lowest BCUT2D eigenvalue weighted by molar-refractivity contribution is -0.139. The van der Waals surface area contributed by atoms with E-state index in [2.05, 4.69) is 45.3 Å². The Kier molecular flexibility index (Phi) is 9.38. The average Bonchev–Trinajstić information content (AvgIpc) is 3.28. The third-order valence-electron chi connectivity index (χ3n) is 5.88. The van der Waals surface area contributed by atoms with Crippen molar-refractivity contribution in [1.29, 1.82) is 0 Å². The number of allylic oxidation sites excluding steroid dienone is 1. The molecule has 0 saturated carbocycles. The van der Waals surface area contributed by atoms with Crippen molar-refractivity contribution in [3.05, 3.63) is 68.8 Å². The number of aromatic nitrogens is 3. The number of halogens is 1. The highest BCUT2D eigenvalue weighted by molar-refractivity contribution is 9.10. The molecule has 4 rings (SSSR count). The van der Waals surface area contributed by atoms with E-state index in [4.69, 9.17) is 19.3 Å². The second-order valence-electron chi connectivity index (χ2n) is 8.84. The Morgan fingerprint density at radius 3 is 2.68 bits per heavy atom. The molecule has 10 heteroatoms. The summed E-state index contributed by atoms with van der Waals surface area (Å²) in [6.07, 6.45) is 0.731. The quantitative estimate of drug-likeness (QED) is 0.192. The second kappa shape index (κ2) is 12.7. The van der Waals surface area contributed by atoms with Gasteiger partial charge >= 0.3 is 5.97 Å². The number of esters is 1. The number of nitrogens with one attached hydrogen (secondary N) is 1. The van der Waals surface area contributed by atoms with Crippen LogP contribution in [0, 0.1) is 6.92 Å². The smallest absolute Gasteiger partial charge is 0.338 e. The molecule has 0 aliphatic carbocycles.